The van der Waals surface area contributed by atoms with E-state index in [1.807, 2.05) is 42.5 Å². The van der Waals surface area contributed by atoms with Gasteiger partial charge in [0.25, 0.3) is 0 Å². The largest absolute Gasteiger partial charge is 0.455 e. The van der Waals surface area contributed by atoms with E-state index in [0.717, 1.165) is 99.5 Å². The van der Waals surface area contributed by atoms with Gasteiger partial charge in [-0.25, -0.2) is 15.0 Å². The highest BCUT2D eigenvalue weighted by molar-refractivity contribution is 6.17. The molecule has 0 fully saturated rings. The lowest BCUT2D eigenvalue weighted by Crippen LogP contribution is -2.00. The number of aromatic nitrogens is 4. The summed E-state index contributed by atoms with van der Waals surface area (Å²) in [5.74, 6) is 1.73. The van der Waals surface area contributed by atoms with E-state index in [1.54, 1.807) is 0 Å². The highest BCUT2D eigenvalue weighted by Crippen LogP contribution is 2.44. The molecule has 0 radical (unpaired) electrons. The Labute approximate surface area is 396 Å². The van der Waals surface area contributed by atoms with Crippen molar-refractivity contribution in [3.8, 4) is 73.2 Å². The average molecular weight is 883 g/mol. The van der Waals surface area contributed by atoms with Crippen LogP contribution in [0.15, 0.2) is 239 Å². The van der Waals surface area contributed by atoms with Crippen LogP contribution in [0.5, 0.6) is 0 Å². The number of para-hydroxylation sites is 3. The Balaban J connectivity index is 0.892. The fourth-order valence-electron chi connectivity index (χ4n) is 10.2. The summed E-state index contributed by atoms with van der Waals surface area (Å²) in [5, 5.41) is 6.50. The molecule has 4 aromatic heterocycles. The molecular formula is C63H38N4O2. The van der Waals surface area contributed by atoms with Gasteiger partial charge in [-0.3, -0.25) is 0 Å². The third-order valence-corrected chi connectivity index (χ3v) is 13.5. The quantitative estimate of drug-likeness (QED) is 0.159. The second-order valence-corrected chi connectivity index (χ2v) is 17.5. The zero-order chi connectivity index (χ0) is 45.4. The summed E-state index contributed by atoms with van der Waals surface area (Å²) in [6, 6.07) is 80.3. The van der Waals surface area contributed by atoms with E-state index in [9.17, 15) is 0 Å². The standard InChI is InChI=1S/C63H38N4O2/c1-4-15-39(16-5-1)41-29-31-43(32-30-41)62-64-61(42-19-8-3-9-20-42)65-63(66-62)50-25-12-23-48-52-38-45(34-36-56(52)68-59(48)50)46-22-14-28-57-58(46)49-24-13-27-55(60(49)69-57)67-53-26-11-10-21-47(53)51-37-44(33-35-54(51)67)40-17-6-2-7-18-40/h1-38H. The molecule has 0 bridgehead atoms. The number of benzene rings is 10. The molecule has 10 aromatic carbocycles. The summed E-state index contributed by atoms with van der Waals surface area (Å²) in [7, 11) is 0. The number of nitrogens with zero attached hydrogens (tertiary/aromatic N) is 4. The normalized spacial score (nSPS) is 11.8. The minimum Gasteiger partial charge on any atom is -0.455 e. The van der Waals surface area contributed by atoms with Crippen LogP contribution >= 0.6 is 0 Å². The van der Waals surface area contributed by atoms with Gasteiger partial charge in [-0.15, -0.1) is 0 Å². The van der Waals surface area contributed by atoms with Gasteiger partial charge in [-0.2, -0.15) is 0 Å². The second kappa shape index (κ2) is 15.6. The SMILES string of the molecule is c1ccc(-c2ccc(-c3nc(-c4ccccc4)nc(-c4cccc5c4oc4ccc(-c6cccc7oc8c(-n9c%10ccccc%10c%10cc(-c%11ccccc%11)ccc%109)cccc8c67)cc45)n3)cc2)cc1. The van der Waals surface area contributed by atoms with Crippen molar-refractivity contribution in [1.29, 1.82) is 0 Å². The predicted octanol–water partition coefficient (Wildman–Crippen LogP) is 16.8. The number of hydrogen-bond acceptors (Lipinski definition) is 5. The van der Waals surface area contributed by atoms with Crippen LogP contribution in [0.2, 0.25) is 0 Å². The fraction of sp³-hybridized carbons (Fsp3) is 0. The van der Waals surface area contributed by atoms with Crippen LogP contribution < -0.4 is 0 Å². The molecule has 0 saturated carbocycles. The van der Waals surface area contributed by atoms with Crippen molar-refractivity contribution in [3.05, 3.63) is 231 Å². The lowest BCUT2D eigenvalue weighted by atomic mass is 9.97. The van der Waals surface area contributed by atoms with E-state index >= 15 is 0 Å². The van der Waals surface area contributed by atoms with Crippen molar-refractivity contribution in [2.24, 2.45) is 0 Å². The molecule has 0 aliphatic carbocycles. The Bertz CT molecular complexity index is 4290. The molecule has 322 valence electrons. The van der Waals surface area contributed by atoms with Crippen molar-refractivity contribution in [1.82, 2.24) is 19.5 Å². The van der Waals surface area contributed by atoms with Gasteiger partial charge in [0, 0.05) is 43.4 Å². The van der Waals surface area contributed by atoms with E-state index in [4.69, 9.17) is 23.8 Å². The Morgan fingerprint density at radius 1 is 0.290 bits per heavy atom. The third kappa shape index (κ3) is 6.38. The predicted molar refractivity (Wildman–Crippen MR) is 281 cm³/mol. The smallest absolute Gasteiger partial charge is 0.167 e. The minimum atomic E-state index is 0.543. The molecule has 0 saturated heterocycles. The van der Waals surface area contributed by atoms with Crippen molar-refractivity contribution >= 4 is 65.7 Å². The zero-order valence-corrected chi connectivity index (χ0v) is 37.0. The van der Waals surface area contributed by atoms with Gasteiger partial charge < -0.3 is 13.4 Å². The lowest BCUT2D eigenvalue weighted by molar-refractivity contribution is 0.666. The van der Waals surface area contributed by atoms with Crippen LogP contribution in [0.1, 0.15) is 0 Å². The van der Waals surface area contributed by atoms with E-state index in [0.29, 0.717) is 17.5 Å². The summed E-state index contributed by atoms with van der Waals surface area (Å²) < 4.78 is 16.0. The summed E-state index contributed by atoms with van der Waals surface area (Å²) in [6.07, 6.45) is 0. The first-order chi connectivity index (χ1) is 34.2. The first-order valence-corrected chi connectivity index (χ1v) is 23.2. The molecule has 0 atom stereocenters. The molecule has 0 amide bonds. The molecule has 0 spiro atoms. The lowest BCUT2D eigenvalue weighted by Gasteiger charge is -2.09. The Kier molecular flexibility index (Phi) is 8.79. The van der Waals surface area contributed by atoms with Crippen LogP contribution in [0.3, 0.4) is 0 Å². The van der Waals surface area contributed by atoms with Crippen molar-refractivity contribution in [3.63, 3.8) is 0 Å². The summed E-state index contributed by atoms with van der Waals surface area (Å²) in [6.45, 7) is 0. The highest BCUT2D eigenvalue weighted by Gasteiger charge is 2.22. The maximum Gasteiger partial charge on any atom is 0.167 e. The first kappa shape index (κ1) is 38.8. The monoisotopic (exact) mass is 882 g/mol. The molecule has 14 aromatic rings. The van der Waals surface area contributed by atoms with E-state index in [1.165, 1.54) is 21.9 Å². The van der Waals surface area contributed by atoms with Crippen LogP contribution in [0, 0.1) is 0 Å². The van der Waals surface area contributed by atoms with Gasteiger partial charge >= 0.3 is 0 Å². The van der Waals surface area contributed by atoms with Crippen LogP contribution in [-0.2, 0) is 0 Å². The topological polar surface area (TPSA) is 69.9 Å². The molecule has 0 aliphatic rings. The Morgan fingerprint density at radius 3 is 1.59 bits per heavy atom. The molecule has 4 heterocycles. The number of furan rings is 2. The van der Waals surface area contributed by atoms with Gasteiger partial charge in [0.15, 0.2) is 23.1 Å². The summed E-state index contributed by atoms with van der Waals surface area (Å²) in [5.41, 5.74) is 15.8. The van der Waals surface area contributed by atoms with Gasteiger partial charge in [-0.1, -0.05) is 182 Å². The number of rotatable bonds is 7. The number of hydrogen-bond donors (Lipinski definition) is 0. The number of fused-ring (bicyclic) bond motifs is 9. The molecule has 69 heavy (non-hydrogen) atoms. The first-order valence-electron chi connectivity index (χ1n) is 23.2. The molecule has 14 rings (SSSR count). The second-order valence-electron chi connectivity index (χ2n) is 17.5. The minimum absolute atomic E-state index is 0.543. The van der Waals surface area contributed by atoms with Crippen molar-refractivity contribution in [2.75, 3.05) is 0 Å². The van der Waals surface area contributed by atoms with Gasteiger partial charge in [-0.05, 0) is 81.9 Å². The van der Waals surface area contributed by atoms with E-state index < -0.39 is 0 Å². The van der Waals surface area contributed by atoms with Crippen LogP contribution in [0.25, 0.3) is 139 Å². The van der Waals surface area contributed by atoms with Gasteiger partial charge in [0.05, 0.1) is 22.3 Å². The maximum atomic E-state index is 6.92. The highest BCUT2D eigenvalue weighted by atomic mass is 16.3. The Hall–Kier alpha value is -9.39. The summed E-state index contributed by atoms with van der Waals surface area (Å²) in [4.78, 5) is 15.2. The molecular weight excluding hydrogens is 845 g/mol. The molecule has 0 aliphatic heterocycles. The van der Waals surface area contributed by atoms with Crippen LogP contribution in [-0.4, -0.2) is 19.5 Å². The molecule has 6 nitrogen and oxygen atoms in total. The average Bonchev–Trinajstić information content (AvgIpc) is 4.11. The third-order valence-electron chi connectivity index (χ3n) is 13.5. The zero-order valence-electron chi connectivity index (χ0n) is 37.0. The fourth-order valence-corrected chi connectivity index (χ4v) is 10.2. The maximum absolute atomic E-state index is 6.92. The van der Waals surface area contributed by atoms with Crippen molar-refractivity contribution in [2.45, 2.75) is 0 Å². The van der Waals surface area contributed by atoms with E-state index in [2.05, 4.69) is 193 Å². The van der Waals surface area contributed by atoms with E-state index in [-0.39, 0.29) is 0 Å². The van der Waals surface area contributed by atoms with Gasteiger partial charge in [0.1, 0.15) is 16.7 Å². The van der Waals surface area contributed by atoms with Crippen LogP contribution in [0.4, 0.5) is 0 Å². The summed E-state index contributed by atoms with van der Waals surface area (Å²) >= 11 is 0. The molecule has 6 heteroatoms. The van der Waals surface area contributed by atoms with Crippen molar-refractivity contribution < 1.29 is 8.83 Å². The Morgan fingerprint density at radius 2 is 0.812 bits per heavy atom. The molecule has 0 N–H and O–H groups in total. The molecule has 0 unspecified atom stereocenters. The van der Waals surface area contributed by atoms with Gasteiger partial charge in [0.2, 0.25) is 0 Å².